The zero-order valence-corrected chi connectivity index (χ0v) is 15.5. The second-order valence-corrected chi connectivity index (χ2v) is 6.53. The van der Waals surface area contributed by atoms with E-state index in [4.69, 9.17) is 18.6 Å². The van der Waals surface area contributed by atoms with Crippen molar-refractivity contribution in [2.24, 2.45) is 0 Å². The molecular formula is C20H21N3O5. The molecule has 1 amide bonds. The average Bonchev–Trinajstić information content (AvgIpc) is 3.21. The summed E-state index contributed by atoms with van der Waals surface area (Å²) in [4.78, 5) is 22.6. The number of likely N-dealkylation sites (N-methyl/N-ethyl adjacent to an activating group) is 1. The first-order valence-corrected chi connectivity index (χ1v) is 9.06. The summed E-state index contributed by atoms with van der Waals surface area (Å²) in [6.45, 7) is 2.18. The zero-order chi connectivity index (χ0) is 19.3. The number of pyridine rings is 1. The maximum absolute atomic E-state index is 12.5. The van der Waals surface area contributed by atoms with Gasteiger partial charge >= 0.3 is 0 Å². The topological polar surface area (TPSA) is 86.9 Å². The molecule has 3 heterocycles. The van der Waals surface area contributed by atoms with Gasteiger partial charge in [-0.3, -0.25) is 9.78 Å². The summed E-state index contributed by atoms with van der Waals surface area (Å²) in [6.07, 6.45) is 2.97. The molecule has 0 aliphatic carbocycles. The fraction of sp³-hybridized carbons (Fsp3) is 0.350. The van der Waals surface area contributed by atoms with Crippen LogP contribution in [0.1, 0.15) is 16.4 Å². The van der Waals surface area contributed by atoms with E-state index < -0.39 is 0 Å². The number of ether oxygens (including phenoxy) is 3. The van der Waals surface area contributed by atoms with E-state index in [-0.39, 0.29) is 24.3 Å². The van der Waals surface area contributed by atoms with E-state index in [1.807, 2.05) is 30.3 Å². The van der Waals surface area contributed by atoms with Crippen LogP contribution in [-0.4, -0.2) is 60.3 Å². The predicted octanol–water partition coefficient (Wildman–Crippen LogP) is 2.29. The second-order valence-electron chi connectivity index (χ2n) is 6.53. The van der Waals surface area contributed by atoms with E-state index in [1.165, 1.54) is 6.26 Å². The van der Waals surface area contributed by atoms with Crippen LogP contribution in [0.3, 0.4) is 0 Å². The standard InChI is InChI=1S/C20H21N3O5/c1-23(10-16-11-25-7-8-26-16)20(24)18-12-28-19(22-18)13-27-15-4-5-17-14(9-15)3-2-6-21-17/h2-6,9,12,16H,7-8,10-11,13H2,1H3. The highest BCUT2D eigenvalue weighted by Crippen LogP contribution is 2.20. The fourth-order valence-corrected chi connectivity index (χ4v) is 2.99. The Balaban J connectivity index is 1.34. The van der Waals surface area contributed by atoms with Crippen molar-refractivity contribution < 1.29 is 23.4 Å². The van der Waals surface area contributed by atoms with Crippen molar-refractivity contribution in [3.63, 3.8) is 0 Å². The Morgan fingerprint density at radius 2 is 2.25 bits per heavy atom. The lowest BCUT2D eigenvalue weighted by Gasteiger charge is -2.27. The first kappa shape index (κ1) is 18.4. The minimum atomic E-state index is -0.235. The number of aromatic nitrogens is 2. The van der Waals surface area contributed by atoms with Crippen LogP contribution in [0.2, 0.25) is 0 Å². The molecule has 2 aromatic heterocycles. The van der Waals surface area contributed by atoms with E-state index in [9.17, 15) is 4.79 Å². The number of amides is 1. The molecule has 0 N–H and O–H groups in total. The average molecular weight is 383 g/mol. The summed E-state index contributed by atoms with van der Waals surface area (Å²) < 4.78 is 22.0. The lowest BCUT2D eigenvalue weighted by molar-refractivity contribution is -0.0933. The summed E-state index contributed by atoms with van der Waals surface area (Å²) in [7, 11) is 1.70. The van der Waals surface area contributed by atoms with Crippen LogP contribution < -0.4 is 4.74 Å². The Labute approximate surface area is 162 Å². The van der Waals surface area contributed by atoms with Crippen LogP contribution in [0.5, 0.6) is 5.75 Å². The Morgan fingerprint density at radius 3 is 3.11 bits per heavy atom. The van der Waals surface area contributed by atoms with Crippen molar-refractivity contribution in [1.82, 2.24) is 14.9 Å². The Morgan fingerprint density at radius 1 is 1.32 bits per heavy atom. The predicted molar refractivity (Wildman–Crippen MR) is 100 cm³/mol. The van der Waals surface area contributed by atoms with Gasteiger partial charge in [0.15, 0.2) is 12.3 Å². The highest BCUT2D eigenvalue weighted by atomic mass is 16.6. The van der Waals surface area contributed by atoms with Gasteiger partial charge in [-0.1, -0.05) is 6.07 Å². The number of oxazole rings is 1. The third-order valence-electron chi connectivity index (χ3n) is 4.42. The molecular weight excluding hydrogens is 362 g/mol. The Bertz CT molecular complexity index is 952. The van der Waals surface area contributed by atoms with Gasteiger partial charge in [-0.15, -0.1) is 0 Å². The third kappa shape index (κ3) is 4.29. The molecule has 1 aliphatic heterocycles. The van der Waals surface area contributed by atoms with E-state index in [0.717, 1.165) is 10.9 Å². The van der Waals surface area contributed by atoms with Crippen LogP contribution in [-0.2, 0) is 16.1 Å². The van der Waals surface area contributed by atoms with Crippen molar-refractivity contribution in [2.75, 3.05) is 33.4 Å². The van der Waals surface area contributed by atoms with Crippen LogP contribution in [0.15, 0.2) is 47.2 Å². The molecule has 1 aliphatic rings. The Kier molecular flexibility index (Phi) is 5.50. The number of nitrogens with zero attached hydrogens (tertiary/aromatic N) is 3. The maximum atomic E-state index is 12.5. The fourth-order valence-electron chi connectivity index (χ4n) is 2.99. The van der Waals surface area contributed by atoms with Crippen molar-refractivity contribution in [1.29, 1.82) is 0 Å². The minimum Gasteiger partial charge on any atom is -0.484 e. The van der Waals surface area contributed by atoms with Gasteiger partial charge in [0.25, 0.3) is 5.91 Å². The number of carbonyl (C=O) groups excluding carboxylic acids is 1. The van der Waals surface area contributed by atoms with Crippen LogP contribution in [0.4, 0.5) is 0 Å². The molecule has 0 radical (unpaired) electrons. The van der Waals surface area contributed by atoms with Gasteiger partial charge in [0, 0.05) is 25.2 Å². The number of fused-ring (bicyclic) bond motifs is 1. The van der Waals surface area contributed by atoms with Crippen molar-refractivity contribution in [3.8, 4) is 5.75 Å². The van der Waals surface area contributed by atoms with Crippen molar-refractivity contribution in [2.45, 2.75) is 12.7 Å². The van der Waals surface area contributed by atoms with Crippen LogP contribution in [0, 0.1) is 0 Å². The van der Waals surface area contributed by atoms with E-state index in [1.54, 1.807) is 18.1 Å². The van der Waals surface area contributed by atoms with Crippen LogP contribution >= 0.6 is 0 Å². The van der Waals surface area contributed by atoms with Gasteiger partial charge in [0.1, 0.15) is 12.0 Å². The number of hydrogen-bond acceptors (Lipinski definition) is 7. The quantitative estimate of drug-likeness (QED) is 0.645. The molecule has 0 bridgehead atoms. The SMILES string of the molecule is CN(CC1COCCO1)C(=O)c1coc(COc2ccc3ncccc3c2)n1. The summed E-state index contributed by atoms with van der Waals surface area (Å²) >= 11 is 0. The molecule has 4 rings (SSSR count). The minimum absolute atomic E-state index is 0.125. The molecule has 3 aromatic rings. The highest BCUT2D eigenvalue weighted by molar-refractivity contribution is 5.91. The maximum Gasteiger partial charge on any atom is 0.275 e. The number of rotatable bonds is 6. The van der Waals surface area contributed by atoms with Gasteiger partial charge < -0.3 is 23.5 Å². The van der Waals surface area contributed by atoms with Gasteiger partial charge in [-0.2, -0.15) is 0 Å². The van der Waals surface area contributed by atoms with E-state index >= 15 is 0 Å². The van der Waals surface area contributed by atoms with Crippen molar-refractivity contribution >= 4 is 16.8 Å². The van der Waals surface area contributed by atoms with Crippen LogP contribution in [0.25, 0.3) is 10.9 Å². The zero-order valence-electron chi connectivity index (χ0n) is 15.5. The molecule has 8 heteroatoms. The lowest BCUT2D eigenvalue weighted by atomic mass is 10.2. The smallest absolute Gasteiger partial charge is 0.275 e. The molecule has 1 unspecified atom stereocenters. The van der Waals surface area contributed by atoms with E-state index in [2.05, 4.69) is 9.97 Å². The number of carbonyl (C=O) groups is 1. The van der Waals surface area contributed by atoms with Gasteiger partial charge in [0.05, 0.1) is 31.4 Å². The molecule has 0 saturated carbocycles. The highest BCUT2D eigenvalue weighted by Gasteiger charge is 2.22. The lowest BCUT2D eigenvalue weighted by Crippen LogP contribution is -2.40. The first-order chi connectivity index (χ1) is 13.7. The van der Waals surface area contributed by atoms with Gasteiger partial charge in [0.2, 0.25) is 5.89 Å². The largest absolute Gasteiger partial charge is 0.484 e. The molecule has 146 valence electrons. The summed E-state index contributed by atoms with van der Waals surface area (Å²) in [5, 5.41) is 0.985. The summed E-state index contributed by atoms with van der Waals surface area (Å²) in [5.41, 5.74) is 1.13. The molecule has 1 atom stereocenters. The van der Waals surface area contributed by atoms with Gasteiger partial charge in [-0.25, -0.2) is 4.98 Å². The molecule has 28 heavy (non-hydrogen) atoms. The van der Waals surface area contributed by atoms with E-state index in [0.29, 0.717) is 38.0 Å². The first-order valence-electron chi connectivity index (χ1n) is 9.06. The van der Waals surface area contributed by atoms with Gasteiger partial charge in [-0.05, 0) is 24.3 Å². The Hall–Kier alpha value is -2.97. The second kappa shape index (κ2) is 8.37. The number of hydrogen-bond donors (Lipinski definition) is 0. The molecule has 1 saturated heterocycles. The molecule has 1 aromatic carbocycles. The summed E-state index contributed by atoms with van der Waals surface area (Å²) in [5.74, 6) is 0.777. The third-order valence-corrected chi connectivity index (χ3v) is 4.42. The normalized spacial score (nSPS) is 16.8. The molecule has 1 fully saturated rings. The molecule has 0 spiro atoms. The molecule has 8 nitrogen and oxygen atoms in total. The monoisotopic (exact) mass is 383 g/mol. The van der Waals surface area contributed by atoms with Crippen molar-refractivity contribution in [3.05, 3.63) is 54.4 Å². The number of benzene rings is 1. The summed E-state index contributed by atoms with van der Waals surface area (Å²) in [6, 6.07) is 9.47.